The summed E-state index contributed by atoms with van der Waals surface area (Å²) in [6.07, 6.45) is -3.72. The van der Waals surface area contributed by atoms with Gasteiger partial charge in [-0.05, 0) is 30.3 Å². The summed E-state index contributed by atoms with van der Waals surface area (Å²) in [5.74, 6) is -0.296. The zero-order valence-electron chi connectivity index (χ0n) is 12.9. The maximum atomic E-state index is 12.9. The van der Waals surface area contributed by atoms with E-state index < -0.39 is 11.9 Å². The van der Waals surface area contributed by atoms with Gasteiger partial charge < -0.3 is 15.8 Å². The molecule has 1 aromatic carbocycles. The number of halogens is 3. The third-order valence-corrected chi connectivity index (χ3v) is 3.34. The van der Waals surface area contributed by atoms with Gasteiger partial charge in [0.1, 0.15) is 5.69 Å². The molecule has 24 heavy (non-hydrogen) atoms. The number of nitrogens with zero attached hydrogens (tertiary/aromatic N) is 2. The zero-order valence-corrected chi connectivity index (χ0v) is 12.9. The number of nitrogens with two attached hydrogens (primary N) is 1. The molecule has 9 heteroatoms. The molecule has 2 rings (SSSR count). The van der Waals surface area contributed by atoms with Gasteiger partial charge in [-0.15, -0.1) is 0 Å². The molecule has 2 aromatic rings. The molecule has 0 radical (unpaired) electrons. The molecule has 3 N–H and O–H groups in total. The van der Waals surface area contributed by atoms with Gasteiger partial charge in [0, 0.05) is 19.3 Å². The lowest BCUT2D eigenvalue weighted by Crippen LogP contribution is -2.28. The number of hydrogen-bond donors (Lipinski definition) is 2. The van der Waals surface area contributed by atoms with Gasteiger partial charge in [0.2, 0.25) is 5.91 Å². The molecule has 0 bridgehead atoms. The van der Waals surface area contributed by atoms with E-state index in [0.29, 0.717) is 5.69 Å². The maximum Gasteiger partial charge on any atom is 0.433 e. The van der Waals surface area contributed by atoms with Crippen LogP contribution in [0.1, 0.15) is 12.1 Å². The molecule has 0 aliphatic carbocycles. The Morgan fingerprint density at radius 2 is 2.00 bits per heavy atom. The van der Waals surface area contributed by atoms with Gasteiger partial charge in [-0.2, -0.15) is 18.3 Å². The topological polar surface area (TPSA) is 82.2 Å². The van der Waals surface area contributed by atoms with Crippen molar-refractivity contribution in [1.29, 1.82) is 0 Å². The van der Waals surface area contributed by atoms with E-state index in [1.165, 1.54) is 31.4 Å². The molecule has 0 aliphatic rings. The lowest BCUT2D eigenvalue weighted by atomic mass is 10.2. The molecule has 6 nitrogen and oxygen atoms in total. The van der Waals surface area contributed by atoms with Crippen molar-refractivity contribution in [3.63, 3.8) is 0 Å². The van der Waals surface area contributed by atoms with Crippen molar-refractivity contribution < 1.29 is 22.7 Å². The van der Waals surface area contributed by atoms with Crippen LogP contribution < -0.4 is 11.1 Å². The predicted molar refractivity (Wildman–Crippen MR) is 81.7 cm³/mol. The van der Waals surface area contributed by atoms with Crippen LogP contribution in [0.5, 0.6) is 0 Å². The number of nitrogens with one attached hydrogen (secondary N) is 1. The molecule has 0 aliphatic heterocycles. The van der Waals surface area contributed by atoms with E-state index in [1.807, 2.05) is 0 Å². The number of anilines is 1. The molecule has 1 aromatic heterocycles. The number of carbonyl (C=O) groups excluding carboxylic acids is 1. The van der Waals surface area contributed by atoms with Crippen LogP contribution >= 0.6 is 0 Å². The van der Waals surface area contributed by atoms with E-state index in [2.05, 4.69) is 10.4 Å². The van der Waals surface area contributed by atoms with Crippen LogP contribution in [0.25, 0.3) is 5.69 Å². The highest BCUT2D eigenvalue weighted by Crippen LogP contribution is 2.30. The van der Waals surface area contributed by atoms with Crippen molar-refractivity contribution in [1.82, 2.24) is 9.78 Å². The number of carbonyl (C=O) groups is 1. The van der Waals surface area contributed by atoms with E-state index in [0.717, 1.165) is 16.9 Å². The first-order valence-electron chi connectivity index (χ1n) is 7.09. The Kier molecular flexibility index (Phi) is 5.58. The van der Waals surface area contributed by atoms with Crippen LogP contribution in [0.15, 0.2) is 36.5 Å². The maximum absolute atomic E-state index is 12.9. The number of benzene rings is 1. The standard InChI is InChI=1S/C15H17F3N4O2/c1-24-12(9-19)8-14(23)21-10-2-4-11(5-3-10)22-13(6-7-20-22)15(16,17)18/h2-7,12H,8-9,19H2,1H3,(H,21,23). The summed E-state index contributed by atoms with van der Waals surface area (Å²) in [5, 5.41) is 6.32. The fourth-order valence-corrected chi connectivity index (χ4v) is 2.09. The van der Waals surface area contributed by atoms with Gasteiger partial charge in [0.05, 0.1) is 24.4 Å². The molecule has 1 heterocycles. The summed E-state index contributed by atoms with van der Waals surface area (Å²) in [4.78, 5) is 11.8. The van der Waals surface area contributed by atoms with Gasteiger partial charge >= 0.3 is 6.18 Å². The number of alkyl halides is 3. The monoisotopic (exact) mass is 342 g/mol. The van der Waals surface area contributed by atoms with Gasteiger partial charge in [0.15, 0.2) is 0 Å². The molecule has 130 valence electrons. The average molecular weight is 342 g/mol. The number of hydrogen-bond acceptors (Lipinski definition) is 4. The van der Waals surface area contributed by atoms with Crippen molar-refractivity contribution in [3.05, 3.63) is 42.2 Å². The molecule has 0 spiro atoms. The van der Waals surface area contributed by atoms with E-state index in [4.69, 9.17) is 10.5 Å². The van der Waals surface area contributed by atoms with E-state index >= 15 is 0 Å². The second kappa shape index (κ2) is 7.45. The van der Waals surface area contributed by atoms with Gasteiger partial charge in [-0.25, -0.2) is 4.68 Å². The number of amides is 1. The van der Waals surface area contributed by atoms with Crippen LogP contribution in [0, 0.1) is 0 Å². The smallest absolute Gasteiger partial charge is 0.380 e. The minimum absolute atomic E-state index is 0.0894. The summed E-state index contributed by atoms with van der Waals surface area (Å²) >= 11 is 0. The minimum Gasteiger partial charge on any atom is -0.380 e. The SMILES string of the molecule is COC(CN)CC(=O)Nc1ccc(-n2nccc2C(F)(F)F)cc1. The second-order valence-corrected chi connectivity index (χ2v) is 5.02. The van der Waals surface area contributed by atoms with Crippen LogP contribution in [0.3, 0.4) is 0 Å². The number of rotatable bonds is 6. The Bertz CT molecular complexity index is 679. The van der Waals surface area contributed by atoms with Crippen LogP contribution in [0.2, 0.25) is 0 Å². The Morgan fingerprint density at radius 3 is 2.54 bits per heavy atom. The Hall–Kier alpha value is -2.39. The summed E-state index contributed by atoms with van der Waals surface area (Å²) in [6.45, 7) is 0.211. The van der Waals surface area contributed by atoms with Crippen molar-refractivity contribution >= 4 is 11.6 Å². The fraction of sp³-hybridized carbons (Fsp3) is 0.333. The molecule has 0 fully saturated rings. The molecule has 1 amide bonds. The van der Waals surface area contributed by atoms with Crippen molar-refractivity contribution in [2.24, 2.45) is 5.73 Å². The van der Waals surface area contributed by atoms with Crippen LogP contribution in [0.4, 0.5) is 18.9 Å². The van der Waals surface area contributed by atoms with E-state index in [9.17, 15) is 18.0 Å². The number of aromatic nitrogens is 2. The van der Waals surface area contributed by atoms with Gasteiger partial charge in [0.25, 0.3) is 0 Å². The first-order valence-corrected chi connectivity index (χ1v) is 7.09. The lowest BCUT2D eigenvalue weighted by Gasteiger charge is -2.13. The molecule has 1 unspecified atom stereocenters. The number of ether oxygens (including phenoxy) is 1. The van der Waals surface area contributed by atoms with Crippen molar-refractivity contribution in [2.75, 3.05) is 19.0 Å². The summed E-state index contributed by atoms with van der Waals surface area (Å²) in [6, 6.07) is 6.77. The average Bonchev–Trinajstić information content (AvgIpc) is 3.03. The second-order valence-electron chi connectivity index (χ2n) is 5.02. The first kappa shape index (κ1) is 18.0. The Labute approximate surface area is 136 Å². The van der Waals surface area contributed by atoms with Crippen molar-refractivity contribution in [2.45, 2.75) is 18.7 Å². The zero-order chi connectivity index (χ0) is 17.7. The summed E-state index contributed by atoms with van der Waals surface area (Å²) in [5.41, 5.74) is 5.26. The van der Waals surface area contributed by atoms with Crippen molar-refractivity contribution in [3.8, 4) is 5.69 Å². The highest BCUT2D eigenvalue weighted by Gasteiger charge is 2.35. The normalized spacial score (nSPS) is 12.9. The Balaban J connectivity index is 2.09. The summed E-state index contributed by atoms with van der Waals surface area (Å²) in [7, 11) is 1.46. The van der Waals surface area contributed by atoms with Crippen LogP contribution in [-0.4, -0.2) is 35.4 Å². The third kappa shape index (κ3) is 4.33. The minimum atomic E-state index is -4.50. The number of methoxy groups -OCH3 is 1. The van der Waals surface area contributed by atoms with Gasteiger partial charge in [-0.3, -0.25) is 4.79 Å². The molecule has 0 saturated carbocycles. The Morgan fingerprint density at radius 1 is 1.33 bits per heavy atom. The lowest BCUT2D eigenvalue weighted by molar-refractivity contribution is -0.142. The highest BCUT2D eigenvalue weighted by atomic mass is 19.4. The predicted octanol–water partition coefficient (Wildman–Crippen LogP) is 2.19. The van der Waals surface area contributed by atoms with Crippen LogP contribution in [-0.2, 0) is 15.7 Å². The summed E-state index contributed by atoms with van der Waals surface area (Å²) < 4.78 is 44.4. The highest BCUT2D eigenvalue weighted by molar-refractivity contribution is 5.91. The van der Waals surface area contributed by atoms with Gasteiger partial charge in [-0.1, -0.05) is 0 Å². The fourth-order valence-electron chi connectivity index (χ4n) is 2.09. The molecular formula is C15H17F3N4O2. The molecule has 1 atom stereocenters. The molecule has 0 saturated heterocycles. The molecular weight excluding hydrogens is 325 g/mol. The third-order valence-electron chi connectivity index (χ3n) is 3.34. The van der Waals surface area contributed by atoms with E-state index in [1.54, 1.807) is 0 Å². The quantitative estimate of drug-likeness (QED) is 0.843. The largest absolute Gasteiger partial charge is 0.433 e. The first-order chi connectivity index (χ1) is 11.3. The van der Waals surface area contributed by atoms with E-state index in [-0.39, 0.29) is 30.7 Å².